The van der Waals surface area contributed by atoms with Crippen molar-refractivity contribution in [3.63, 3.8) is 0 Å². The van der Waals surface area contributed by atoms with Crippen LogP contribution < -0.4 is 5.73 Å². The Morgan fingerprint density at radius 3 is 1.36 bits per heavy atom. The number of nitrogens with two attached hydrogens (primary N) is 1. The largest absolute Gasteiger partial charge is 0.361 e. The molecule has 2 atom stereocenters. The van der Waals surface area contributed by atoms with E-state index >= 15 is 0 Å². The van der Waals surface area contributed by atoms with E-state index in [1.165, 1.54) is 38.0 Å². The molecule has 0 aliphatic rings. The smallest absolute Gasteiger partial charge is 0.313 e. The topological polar surface area (TPSA) is 104 Å². The van der Waals surface area contributed by atoms with Crippen LogP contribution in [0.2, 0.25) is 0 Å². The van der Waals surface area contributed by atoms with E-state index in [0.29, 0.717) is 0 Å². The van der Waals surface area contributed by atoms with Gasteiger partial charge in [-0.1, -0.05) is 0 Å². The predicted molar refractivity (Wildman–Crippen MR) is 88.7 cm³/mol. The summed E-state index contributed by atoms with van der Waals surface area (Å²) in [4.78, 5) is 51.3. The second kappa shape index (κ2) is 8.89. The number of nitrogens with zero attached hydrogens (tertiary/aromatic N) is 3. The number of likely N-dealkylation sites (N-methyl/N-ethyl adjacent to an activating group) is 2. The molecular formula is C12H22N4O4S2. The Balaban J connectivity index is 5.89. The van der Waals surface area contributed by atoms with Gasteiger partial charge in [-0.2, -0.15) is 25.3 Å². The number of carbonyl (C=O) groups excluding carboxylic acids is 4. The Morgan fingerprint density at radius 2 is 1.18 bits per heavy atom. The zero-order valence-corrected chi connectivity index (χ0v) is 14.8. The van der Waals surface area contributed by atoms with Gasteiger partial charge in [-0.25, -0.2) is 0 Å². The van der Waals surface area contributed by atoms with E-state index < -0.39 is 35.7 Å². The van der Waals surface area contributed by atoms with Gasteiger partial charge in [0.1, 0.15) is 12.1 Å². The quantitative estimate of drug-likeness (QED) is 0.383. The maximum atomic E-state index is 12.2. The summed E-state index contributed by atoms with van der Waals surface area (Å²) in [5, 5.41) is 0. The maximum absolute atomic E-state index is 12.2. The van der Waals surface area contributed by atoms with Crippen molar-refractivity contribution in [3.05, 3.63) is 0 Å². The zero-order chi connectivity index (χ0) is 17.6. The van der Waals surface area contributed by atoms with Gasteiger partial charge in [-0.3, -0.25) is 19.2 Å². The maximum Gasteiger partial charge on any atom is 0.313 e. The predicted octanol–water partition coefficient (Wildman–Crippen LogP) is -1.93. The van der Waals surface area contributed by atoms with Crippen LogP contribution in [0.4, 0.5) is 0 Å². The highest BCUT2D eigenvalue weighted by atomic mass is 32.1. The average molecular weight is 350 g/mol. The van der Waals surface area contributed by atoms with E-state index in [1.807, 2.05) is 0 Å². The first kappa shape index (κ1) is 20.6. The van der Waals surface area contributed by atoms with Gasteiger partial charge in [0.15, 0.2) is 0 Å². The van der Waals surface area contributed by atoms with Gasteiger partial charge in [-0.05, 0) is 0 Å². The van der Waals surface area contributed by atoms with Crippen LogP contribution in [-0.2, 0) is 19.2 Å². The highest BCUT2D eigenvalue weighted by Gasteiger charge is 2.40. The van der Waals surface area contributed by atoms with Crippen LogP contribution in [0.3, 0.4) is 0 Å². The molecule has 126 valence electrons. The van der Waals surface area contributed by atoms with E-state index in [0.717, 1.165) is 4.90 Å². The first-order valence-corrected chi connectivity index (χ1v) is 7.62. The summed E-state index contributed by atoms with van der Waals surface area (Å²) in [7, 11) is 5.98. The first-order valence-electron chi connectivity index (χ1n) is 6.36. The Hall–Kier alpha value is -1.42. The summed E-state index contributed by atoms with van der Waals surface area (Å²) < 4.78 is 0. The molecule has 0 aromatic heterocycles. The van der Waals surface area contributed by atoms with Crippen LogP contribution in [0.1, 0.15) is 0 Å². The third-order valence-corrected chi connectivity index (χ3v) is 3.61. The Kier molecular flexibility index (Phi) is 8.31. The fourth-order valence-electron chi connectivity index (χ4n) is 1.79. The number of rotatable bonds is 6. The minimum Gasteiger partial charge on any atom is -0.361 e. The van der Waals surface area contributed by atoms with Gasteiger partial charge in [-0.15, -0.1) is 0 Å². The molecule has 0 aromatic rings. The lowest BCUT2D eigenvalue weighted by atomic mass is 10.1. The highest BCUT2D eigenvalue weighted by molar-refractivity contribution is 7.80. The van der Waals surface area contributed by atoms with E-state index in [1.54, 1.807) is 0 Å². The molecule has 10 heteroatoms. The van der Waals surface area contributed by atoms with Crippen molar-refractivity contribution >= 4 is 48.9 Å². The number of hydrogen-bond acceptors (Lipinski definition) is 6. The zero-order valence-electron chi connectivity index (χ0n) is 13.0. The molecule has 0 spiro atoms. The molecule has 0 saturated heterocycles. The third-order valence-electron chi connectivity index (χ3n) is 2.91. The lowest BCUT2D eigenvalue weighted by Gasteiger charge is -2.36. The first-order chi connectivity index (χ1) is 10.1. The summed E-state index contributed by atoms with van der Waals surface area (Å²) in [6, 6.07) is -2.20. The third kappa shape index (κ3) is 4.80. The van der Waals surface area contributed by atoms with Gasteiger partial charge >= 0.3 is 11.8 Å². The number of hydrogen-bond donors (Lipinski definition) is 3. The normalized spacial score (nSPS) is 13.0. The van der Waals surface area contributed by atoms with Crippen molar-refractivity contribution in [1.29, 1.82) is 0 Å². The molecule has 0 radical (unpaired) electrons. The van der Waals surface area contributed by atoms with Crippen molar-refractivity contribution in [3.8, 4) is 0 Å². The average Bonchev–Trinajstić information content (AvgIpc) is 2.45. The standard InChI is InChI=1S/C12H22N4O4S2/c1-14(2)10(18)7(5-21)16(12(20)9(13)17)8(6-22)11(19)15(3)4/h7-8,21-22H,5-6H2,1-4H3,(H2,13,17). The molecule has 0 saturated carbocycles. The fraction of sp³-hybridized carbons (Fsp3) is 0.667. The molecule has 0 bridgehead atoms. The number of primary amides is 1. The van der Waals surface area contributed by atoms with Crippen molar-refractivity contribution < 1.29 is 19.2 Å². The summed E-state index contributed by atoms with van der Waals surface area (Å²) in [5.74, 6) is -3.45. The summed E-state index contributed by atoms with van der Waals surface area (Å²) >= 11 is 8.12. The Bertz CT molecular complexity index is 428. The lowest BCUT2D eigenvalue weighted by molar-refractivity contribution is -0.155. The second-order valence-corrected chi connectivity index (χ2v) is 5.67. The van der Waals surface area contributed by atoms with Crippen LogP contribution in [0.5, 0.6) is 0 Å². The molecule has 2 N–H and O–H groups in total. The van der Waals surface area contributed by atoms with Gasteiger partial charge < -0.3 is 20.4 Å². The van der Waals surface area contributed by atoms with Crippen molar-refractivity contribution in [2.75, 3.05) is 39.7 Å². The molecule has 0 heterocycles. The Morgan fingerprint density at radius 1 is 0.864 bits per heavy atom. The second-order valence-electron chi connectivity index (χ2n) is 4.94. The molecule has 0 fully saturated rings. The van der Waals surface area contributed by atoms with Gasteiger partial charge in [0.25, 0.3) is 0 Å². The molecule has 0 rings (SSSR count). The van der Waals surface area contributed by atoms with Crippen molar-refractivity contribution in [2.24, 2.45) is 5.73 Å². The Labute approximate surface area is 140 Å². The minimum absolute atomic E-state index is 0.0684. The molecule has 4 amide bonds. The molecule has 0 aromatic carbocycles. The van der Waals surface area contributed by atoms with E-state index in [-0.39, 0.29) is 11.5 Å². The molecular weight excluding hydrogens is 328 g/mol. The molecule has 0 aliphatic carbocycles. The van der Waals surface area contributed by atoms with Gasteiger partial charge in [0.05, 0.1) is 0 Å². The summed E-state index contributed by atoms with van der Waals surface area (Å²) in [6.07, 6.45) is 0. The number of amides is 4. The van der Waals surface area contributed by atoms with E-state index in [9.17, 15) is 19.2 Å². The van der Waals surface area contributed by atoms with Crippen LogP contribution in [0.25, 0.3) is 0 Å². The monoisotopic (exact) mass is 350 g/mol. The van der Waals surface area contributed by atoms with Crippen LogP contribution in [0.15, 0.2) is 0 Å². The van der Waals surface area contributed by atoms with Crippen molar-refractivity contribution in [1.82, 2.24) is 14.7 Å². The van der Waals surface area contributed by atoms with E-state index in [4.69, 9.17) is 5.73 Å². The molecule has 8 nitrogen and oxygen atoms in total. The fourth-order valence-corrected chi connectivity index (χ4v) is 2.46. The summed E-state index contributed by atoms with van der Waals surface area (Å²) in [6.45, 7) is 0. The lowest BCUT2D eigenvalue weighted by Crippen LogP contribution is -2.61. The highest BCUT2D eigenvalue weighted by Crippen LogP contribution is 2.14. The van der Waals surface area contributed by atoms with Crippen LogP contribution in [0, 0.1) is 0 Å². The van der Waals surface area contributed by atoms with Gasteiger partial charge in [0, 0.05) is 39.7 Å². The van der Waals surface area contributed by atoms with Crippen LogP contribution >= 0.6 is 25.3 Å². The SMILES string of the molecule is CN(C)C(=O)C(CS)N(C(=O)C(N)=O)C(CS)C(=O)N(C)C. The van der Waals surface area contributed by atoms with E-state index in [2.05, 4.69) is 25.3 Å². The molecule has 0 aliphatic heterocycles. The minimum atomic E-state index is -1.25. The van der Waals surface area contributed by atoms with Crippen molar-refractivity contribution in [2.45, 2.75) is 12.1 Å². The molecule has 2 unspecified atom stereocenters. The van der Waals surface area contributed by atoms with Gasteiger partial charge in [0.2, 0.25) is 11.8 Å². The van der Waals surface area contributed by atoms with Crippen LogP contribution in [-0.4, -0.2) is 90.1 Å². The summed E-state index contributed by atoms with van der Waals surface area (Å²) in [5.41, 5.74) is 5.04. The molecule has 22 heavy (non-hydrogen) atoms. The number of thiol groups is 2. The number of carbonyl (C=O) groups is 4.